The van der Waals surface area contributed by atoms with Gasteiger partial charge in [-0.1, -0.05) is 17.5 Å². The molecule has 0 saturated heterocycles. The van der Waals surface area contributed by atoms with Gasteiger partial charge in [-0.25, -0.2) is 0 Å². The van der Waals surface area contributed by atoms with Crippen LogP contribution in [-0.4, -0.2) is 22.8 Å². The number of halogens is 1. The largest absolute Gasteiger partial charge is 0.502 e. The number of phenolic OH excluding ortho intramolecular Hbond substituents is 1. The third-order valence-corrected chi connectivity index (χ3v) is 1.91. The molecule has 0 bridgehead atoms. The van der Waals surface area contributed by atoms with Gasteiger partial charge in [-0.15, -0.1) is 6.42 Å². The fourth-order valence-electron chi connectivity index (χ4n) is 1.04. The van der Waals surface area contributed by atoms with Crippen molar-refractivity contribution in [2.24, 2.45) is 4.99 Å². The minimum Gasteiger partial charge on any atom is -0.502 e. The molecule has 5 nitrogen and oxygen atoms in total. The van der Waals surface area contributed by atoms with Crippen molar-refractivity contribution >= 4 is 23.5 Å². The molecule has 0 atom stereocenters. The molecular formula is C10H7ClN2O3. The van der Waals surface area contributed by atoms with Crippen molar-refractivity contribution < 1.29 is 10.0 Å². The number of terminal acetylenes is 1. The average Bonchev–Trinajstić information content (AvgIpc) is 2.22. The van der Waals surface area contributed by atoms with Crippen LogP contribution in [0.2, 0.25) is 5.02 Å². The van der Waals surface area contributed by atoms with Gasteiger partial charge < -0.3 is 5.11 Å². The third kappa shape index (κ3) is 2.72. The Morgan fingerprint density at radius 2 is 2.38 bits per heavy atom. The lowest BCUT2D eigenvalue weighted by molar-refractivity contribution is -0.385. The molecule has 0 amide bonds. The highest BCUT2D eigenvalue weighted by Gasteiger charge is 2.17. The second kappa shape index (κ2) is 5.14. The summed E-state index contributed by atoms with van der Waals surface area (Å²) in [6, 6.07) is 2.43. The lowest BCUT2D eigenvalue weighted by Gasteiger charge is -2.00. The van der Waals surface area contributed by atoms with Crippen LogP contribution in [0.4, 0.5) is 5.69 Å². The zero-order valence-electron chi connectivity index (χ0n) is 8.05. The van der Waals surface area contributed by atoms with E-state index in [9.17, 15) is 15.2 Å². The van der Waals surface area contributed by atoms with Gasteiger partial charge in [0.1, 0.15) is 0 Å². The molecule has 0 spiro atoms. The number of nitrogens with zero attached hydrogens (tertiary/aromatic N) is 2. The summed E-state index contributed by atoms with van der Waals surface area (Å²) in [5, 5.41) is 20.3. The van der Waals surface area contributed by atoms with E-state index < -0.39 is 16.4 Å². The summed E-state index contributed by atoms with van der Waals surface area (Å²) >= 11 is 5.66. The Morgan fingerprint density at radius 3 is 2.94 bits per heavy atom. The Hall–Kier alpha value is -2.06. The maximum atomic E-state index is 10.6. The highest BCUT2D eigenvalue weighted by molar-refractivity contribution is 6.31. The van der Waals surface area contributed by atoms with E-state index in [0.717, 1.165) is 6.07 Å². The molecule has 0 aliphatic carbocycles. The monoisotopic (exact) mass is 238 g/mol. The van der Waals surface area contributed by atoms with Crippen molar-refractivity contribution in [1.29, 1.82) is 0 Å². The van der Waals surface area contributed by atoms with Crippen molar-refractivity contribution in [3.05, 3.63) is 32.8 Å². The zero-order chi connectivity index (χ0) is 12.1. The van der Waals surface area contributed by atoms with E-state index in [-0.39, 0.29) is 17.1 Å². The van der Waals surface area contributed by atoms with E-state index in [0.29, 0.717) is 0 Å². The van der Waals surface area contributed by atoms with Crippen LogP contribution >= 0.6 is 11.6 Å². The molecule has 0 radical (unpaired) electrons. The van der Waals surface area contributed by atoms with Crippen molar-refractivity contribution in [2.45, 2.75) is 0 Å². The predicted octanol–water partition coefficient (Wildman–Crippen LogP) is 2.01. The molecule has 82 valence electrons. The lowest BCUT2D eigenvalue weighted by Crippen LogP contribution is -1.93. The number of benzene rings is 1. The second-order valence-corrected chi connectivity index (χ2v) is 3.23. The molecule has 6 heteroatoms. The van der Waals surface area contributed by atoms with Gasteiger partial charge in [0.25, 0.3) is 0 Å². The molecule has 0 aliphatic rings. The summed E-state index contributed by atoms with van der Waals surface area (Å²) in [5.74, 6) is 1.79. The number of aliphatic imine (C=N–C) groups is 1. The average molecular weight is 239 g/mol. The first-order valence-electron chi connectivity index (χ1n) is 4.16. The summed E-state index contributed by atoms with van der Waals surface area (Å²) in [5.41, 5.74) is -0.302. The second-order valence-electron chi connectivity index (χ2n) is 2.79. The van der Waals surface area contributed by atoms with Crippen molar-refractivity contribution in [2.75, 3.05) is 6.54 Å². The van der Waals surface area contributed by atoms with Crippen LogP contribution in [0.3, 0.4) is 0 Å². The molecule has 1 rings (SSSR count). The van der Waals surface area contributed by atoms with Gasteiger partial charge in [0.15, 0.2) is 0 Å². The number of aromatic hydroxyl groups is 1. The molecule has 0 fully saturated rings. The van der Waals surface area contributed by atoms with Crippen molar-refractivity contribution in [3.8, 4) is 18.1 Å². The van der Waals surface area contributed by atoms with E-state index in [1.165, 1.54) is 12.3 Å². The first kappa shape index (κ1) is 12.0. The van der Waals surface area contributed by atoms with Gasteiger partial charge >= 0.3 is 5.69 Å². The van der Waals surface area contributed by atoms with Crippen LogP contribution in [0.25, 0.3) is 0 Å². The molecule has 0 saturated carbocycles. The molecule has 0 aromatic heterocycles. The first-order valence-corrected chi connectivity index (χ1v) is 4.54. The summed E-state index contributed by atoms with van der Waals surface area (Å²) in [7, 11) is 0. The van der Waals surface area contributed by atoms with Crippen LogP contribution in [0.15, 0.2) is 17.1 Å². The van der Waals surface area contributed by atoms with E-state index in [2.05, 4.69) is 10.9 Å². The predicted molar refractivity (Wildman–Crippen MR) is 61.1 cm³/mol. The van der Waals surface area contributed by atoms with E-state index in [4.69, 9.17) is 18.0 Å². The summed E-state index contributed by atoms with van der Waals surface area (Å²) in [4.78, 5) is 13.6. The van der Waals surface area contributed by atoms with E-state index >= 15 is 0 Å². The molecule has 16 heavy (non-hydrogen) atoms. The van der Waals surface area contributed by atoms with E-state index in [1.54, 1.807) is 0 Å². The number of hydrogen-bond donors (Lipinski definition) is 1. The van der Waals surface area contributed by atoms with Crippen LogP contribution < -0.4 is 0 Å². The van der Waals surface area contributed by atoms with Gasteiger partial charge in [-0.2, -0.15) is 0 Å². The fraction of sp³-hybridized carbons (Fsp3) is 0.100. The van der Waals surface area contributed by atoms with Gasteiger partial charge in [0.2, 0.25) is 5.75 Å². The number of phenols is 1. The zero-order valence-corrected chi connectivity index (χ0v) is 8.81. The Bertz CT molecular complexity index is 492. The maximum absolute atomic E-state index is 10.6. The Kier molecular flexibility index (Phi) is 3.86. The maximum Gasteiger partial charge on any atom is 0.312 e. The highest BCUT2D eigenvalue weighted by Crippen LogP contribution is 2.32. The van der Waals surface area contributed by atoms with Gasteiger partial charge in [-0.3, -0.25) is 15.1 Å². The van der Waals surface area contributed by atoms with Crippen LogP contribution in [0.5, 0.6) is 5.75 Å². The Labute approximate surface area is 96.5 Å². The Morgan fingerprint density at radius 1 is 1.69 bits per heavy atom. The smallest absolute Gasteiger partial charge is 0.312 e. The van der Waals surface area contributed by atoms with Gasteiger partial charge in [0, 0.05) is 22.9 Å². The molecule has 0 heterocycles. The number of nitro groups is 1. The van der Waals surface area contributed by atoms with Crippen LogP contribution in [0, 0.1) is 22.5 Å². The minimum atomic E-state index is -0.722. The summed E-state index contributed by atoms with van der Waals surface area (Å²) in [6.45, 7) is 0.125. The number of rotatable bonds is 3. The number of hydrogen-bond acceptors (Lipinski definition) is 4. The topological polar surface area (TPSA) is 75.7 Å². The number of nitro benzene ring substituents is 1. The molecular weight excluding hydrogens is 232 g/mol. The third-order valence-electron chi connectivity index (χ3n) is 1.69. The van der Waals surface area contributed by atoms with Crippen LogP contribution in [-0.2, 0) is 0 Å². The Balaban J connectivity index is 3.20. The van der Waals surface area contributed by atoms with Crippen molar-refractivity contribution in [1.82, 2.24) is 0 Å². The van der Waals surface area contributed by atoms with Gasteiger partial charge in [-0.05, 0) is 6.07 Å². The molecule has 1 aromatic carbocycles. The molecule has 0 aliphatic heterocycles. The molecule has 1 aromatic rings. The summed E-state index contributed by atoms with van der Waals surface area (Å²) in [6.07, 6.45) is 6.22. The first-order chi connectivity index (χ1) is 7.56. The highest BCUT2D eigenvalue weighted by atomic mass is 35.5. The van der Waals surface area contributed by atoms with Gasteiger partial charge in [0.05, 0.1) is 11.5 Å². The normalized spacial score (nSPS) is 10.2. The lowest BCUT2D eigenvalue weighted by atomic mass is 10.2. The van der Waals surface area contributed by atoms with Crippen molar-refractivity contribution in [3.63, 3.8) is 0 Å². The quantitative estimate of drug-likeness (QED) is 0.379. The SMILES string of the molecule is C#CCN=Cc1cc(Cl)cc([N+](=O)[O-])c1O. The minimum absolute atomic E-state index is 0.125. The van der Waals surface area contributed by atoms with Crippen LogP contribution in [0.1, 0.15) is 5.56 Å². The van der Waals surface area contributed by atoms with E-state index in [1.807, 2.05) is 0 Å². The standard InChI is InChI=1S/C10H7ClN2O3/c1-2-3-12-6-7-4-8(11)5-9(10(7)14)13(15)16/h1,4-6,14H,3H2. The molecule has 0 unspecified atom stereocenters. The summed E-state index contributed by atoms with van der Waals surface area (Å²) < 4.78 is 0. The molecule has 1 N–H and O–H groups in total. The fourth-order valence-corrected chi connectivity index (χ4v) is 1.26.